The van der Waals surface area contributed by atoms with Crippen LogP contribution in [0.15, 0.2) is 0 Å². The summed E-state index contributed by atoms with van der Waals surface area (Å²) in [6.45, 7) is 6.96. The predicted molar refractivity (Wildman–Crippen MR) is 55.4 cm³/mol. The van der Waals surface area contributed by atoms with E-state index in [2.05, 4.69) is 6.92 Å². The van der Waals surface area contributed by atoms with Crippen LogP contribution in [0, 0.1) is 5.92 Å². The van der Waals surface area contributed by atoms with E-state index in [1.54, 1.807) is 4.90 Å². The minimum absolute atomic E-state index is 0.00759. The van der Waals surface area contributed by atoms with Gasteiger partial charge in [0.25, 0.3) is 0 Å². The van der Waals surface area contributed by atoms with Crippen molar-refractivity contribution in [1.29, 1.82) is 0 Å². The maximum absolute atomic E-state index is 11.5. The van der Waals surface area contributed by atoms with Crippen LogP contribution >= 0.6 is 0 Å². The van der Waals surface area contributed by atoms with E-state index in [0.29, 0.717) is 12.3 Å². The molecule has 0 saturated carbocycles. The molecule has 0 radical (unpaired) electrons. The molecule has 0 rings (SSSR count). The van der Waals surface area contributed by atoms with Crippen LogP contribution in [0.3, 0.4) is 0 Å². The van der Waals surface area contributed by atoms with Crippen molar-refractivity contribution in [3.05, 3.63) is 0 Å². The first-order valence-corrected chi connectivity index (χ1v) is 4.98. The van der Waals surface area contributed by atoms with Crippen LogP contribution in [0.2, 0.25) is 0 Å². The highest BCUT2D eigenvalue weighted by molar-refractivity contribution is 5.76. The summed E-state index contributed by atoms with van der Waals surface area (Å²) in [6.07, 6.45) is 1.47. The molecule has 1 amide bonds. The third-order valence-corrected chi connectivity index (χ3v) is 2.25. The third-order valence-electron chi connectivity index (χ3n) is 2.25. The van der Waals surface area contributed by atoms with Crippen LogP contribution in [0.5, 0.6) is 0 Å². The SMILES string of the molecule is CCCN(C)C(=O)CC(N)C(C)C. The fourth-order valence-electron chi connectivity index (χ4n) is 1.05. The van der Waals surface area contributed by atoms with Gasteiger partial charge in [0.05, 0.1) is 0 Å². The molecule has 0 saturated heterocycles. The molecule has 0 aliphatic carbocycles. The number of amides is 1. The Morgan fingerprint density at radius 1 is 1.46 bits per heavy atom. The van der Waals surface area contributed by atoms with Gasteiger partial charge < -0.3 is 10.6 Å². The number of hydrogen-bond donors (Lipinski definition) is 1. The predicted octanol–water partition coefficient (Wildman–Crippen LogP) is 1.23. The Labute approximate surface area is 81.3 Å². The Morgan fingerprint density at radius 3 is 2.38 bits per heavy atom. The van der Waals surface area contributed by atoms with Gasteiger partial charge >= 0.3 is 0 Å². The largest absolute Gasteiger partial charge is 0.346 e. The summed E-state index contributed by atoms with van der Waals surface area (Å²) in [4.78, 5) is 13.2. The molecule has 1 atom stereocenters. The lowest BCUT2D eigenvalue weighted by atomic mass is 10.0. The van der Waals surface area contributed by atoms with Crippen LogP contribution in [-0.4, -0.2) is 30.4 Å². The van der Waals surface area contributed by atoms with Crippen LogP contribution in [0.4, 0.5) is 0 Å². The lowest BCUT2D eigenvalue weighted by molar-refractivity contribution is -0.130. The standard InChI is InChI=1S/C10H22N2O/c1-5-6-12(4)10(13)7-9(11)8(2)3/h8-9H,5-7,11H2,1-4H3. The summed E-state index contributed by atoms with van der Waals surface area (Å²) < 4.78 is 0. The van der Waals surface area contributed by atoms with Crippen LogP contribution in [0.25, 0.3) is 0 Å². The molecule has 2 N–H and O–H groups in total. The van der Waals surface area contributed by atoms with Gasteiger partial charge in [-0.2, -0.15) is 0 Å². The van der Waals surface area contributed by atoms with Gasteiger partial charge in [-0.25, -0.2) is 0 Å². The summed E-state index contributed by atoms with van der Waals surface area (Å²) in [5, 5.41) is 0. The summed E-state index contributed by atoms with van der Waals surface area (Å²) in [5.74, 6) is 0.530. The van der Waals surface area contributed by atoms with Gasteiger partial charge in [-0.05, 0) is 12.3 Å². The maximum Gasteiger partial charge on any atom is 0.223 e. The Kier molecular flexibility index (Phi) is 5.71. The molecule has 0 fully saturated rings. The van der Waals surface area contributed by atoms with Crippen molar-refractivity contribution < 1.29 is 4.79 Å². The van der Waals surface area contributed by atoms with Crippen molar-refractivity contribution in [3.63, 3.8) is 0 Å². The van der Waals surface area contributed by atoms with Crippen molar-refractivity contribution in [3.8, 4) is 0 Å². The summed E-state index contributed by atoms with van der Waals surface area (Å²) in [6, 6.07) is -0.00759. The highest BCUT2D eigenvalue weighted by atomic mass is 16.2. The van der Waals surface area contributed by atoms with Gasteiger partial charge in [-0.3, -0.25) is 4.79 Å². The Hall–Kier alpha value is -0.570. The van der Waals surface area contributed by atoms with Gasteiger partial charge in [0.2, 0.25) is 5.91 Å². The first-order chi connectivity index (χ1) is 5.99. The van der Waals surface area contributed by atoms with E-state index in [1.807, 2.05) is 20.9 Å². The minimum Gasteiger partial charge on any atom is -0.346 e. The lowest BCUT2D eigenvalue weighted by Gasteiger charge is -2.20. The number of hydrogen-bond acceptors (Lipinski definition) is 2. The molecule has 0 aliphatic heterocycles. The second-order valence-electron chi connectivity index (χ2n) is 3.93. The molecule has 1 unspecified atom stereocenters. The normalized spacial score (nSPS) is 13.1. The van der Waals surface area contributed by atoms with Crippen LogP contribution in [0.1, 0.15) is 33.6 Å². The van der Waals surface area contributed by atoms with E-state index >= 15 is 0 Å². The second-order valence-corrected chi connectivity index (χ2v) is 3.93. The maximum atomic E-state index is 11.5. The highest BCUT2D eigenvalue weighted by Gasteiger charge is 2.15. The van der Waals surface area contributed by atoms with Gasteiger partial charge in [0.15, 0.2) is 0 Å². The number of nitrogens with zero attached hydrogens (tertiary/aromatic N) is 1. The minimum atomic E-state index is -0.00759. The molecule has 3 nitrogen and oxygen atoms in total. The van der Waals surface area contributed by atoms with E-state index in [9.17, 15) is 4.79 Å². The quantitative estimate of drug-likeness (QED) is 0.702. The van der Waals surface area contributed by atoms with E-state index in [-0.39, 0.29) is 11.9 Å². The van der Waals surface area contributed by atoms with Crippen molar-refractivity contribution in [2.75, 3.05) is 13.6 Å². The molecule has 0 heterocycles. The molecule has 0 spiro atoms. The van der Waals surface area contributed by atoms with E-state index < -0.39 is 0 Å². The van der Waals surface area contributed by atoms with Crippen molar-refractivity contribution in [2.24, 2.45) is 11.7 Å². The number of carbonyl (C=O) groups is 1. The number of rotatable bonds is 5. The first-order valence-electron chi connectivity index (χ1n) is 4.98. The van der Waals surface area contributed by atoms with Crippen molar-refractivity contribution >= 4 is 5.91 Å². The molecule has 0 bridgehead atoms. The molecule has 0 aliphatic rings. The molecule has 0 aromatic carbocycles. The molecule has 3 heteroatoms. The first kappa shape index (κ1) is 12.4. The number of nitrogens with two attached hydrogens (primary N) is 1. The summed E-state index contributed by atoms with van der Waals surface area (Å²) in [7, 11) is 1.83. The third kappa shape index (κ3) is 4.88. The Balaban J connectivity index is 3.85. The monoisotopic (exact) mass is 186 g/mol. The zero-order valence-corrected chi connectivity index (χ0v) is 9.21. The molecule has 0 aromatic heterocycles. The molecular weight excluding hydrogens is 164 g/mol. The summed E-state index contributed by atoms with van der Waals surface area (Å²) >= 11 is 0. The van der Waals surface area contributed by atoms with Crippen LogP contribution in [-0.2, 0) is 4.79 Å². The molecule has 0 aromatic rings. The van der Waals surface area contributed by atoms with Crippen molar-refractivity contribution in [1.82, 2.24) is 4.90 Å². The number of carbonyl (C=O) groups excluding carboxylic acids is 1. The fraction of sp³-hybridized carbons (Fsp3) is 0.900. The average molecular weight is 186 g/mol. The van der Waals surface area contributed by atoms with Gasteiger partial charge in [0.1, 0.15) is 0 Å². The van der Waals surface area contributed by atoms with Gasteiger partial charge in [-0.15, -0.1) is 0 Å². The zero-order valence-electron chi connectivity index (χ0n) is 9.21. The highest BCUT2D eigenvalue weighted by Crippen LogP contribution is 2.04. The average Bonchev–Trinajstić information content (AvgIpc) is 2.04. The Bertz CT molecular complexity index is 157. The Morgan fingerprint density at radius 2 is 2.00 bits per heavy atom. The smallest absolute Gasteiger partial charge is 0.223 e. The second kappa shape index (κ2) is 5.97. The fourth-order valence-corrected chi connectivity index (χ4v) is 1.05. The van der Waals surface area contributed by atoms with Gasteiger partial charge in [0, 0.05) is 26.1 Å². The van der Waals surface area contributed by atoms with E-state index in [4.69, 9.17) is 5.73 Å². The van der Waals surface area contributed by atoms with Crippen molar-refractivity contribution in [2.45, 2.75) is 39.7 Å². The lowest BCUT2D eigenvalue weighted by Crippen LogP contribution is -2.36. The molecular formula is C10H22N2O. The topological polar surface area (TPSA) is 46.3 Å². The van der Waals surface area contributed by atoms with E-state index in [0.717, 1.165) is 13.0 Å². The molecule has 78 valence electrons. The molecule has 13 heavy (non-hydrogen) atoms. The van der Waals surface area contributed by atoms with E-state index in [1.165, 1.54) is 0 Å². The zero-order chi connectivity index (χ0) is 10.4. The van der Waals surface area contributed by atoms with Crippen LogP contribution < -0.4 is 5.73 Å². The van der Waals surface area contributed by atoms with Gasteiger partial charge in [-0.1, -0.05) is 20.8 Å². The summed E-state index contributed by atoms with van der Waals surface area (Å²) in [5.41, 5.74) is 5.80.